The van der Waals surface area contributed by atoms with Crippen LogP contribution >= 0.6 is 0 Å². The average Bonchev–Trinajstić information content (AvgIpc) is 3.19. The number of hydrogen-bond donors (Lipinski definition) is 2. The number of hydrogen-bond acceptors (Lipinski definition) is 5. The summed E-state index contributed by atoms with van der Waals surface area (Å²) < 4.78 is 1.99. The molecule has 3 fully saturated rings. The normalized spacial score (nSPS) is 24.4. The molecule has 1 aromatic carbocycles. The SMILES string of the molecule is O=C1CCC(n2cc3cccc(N4CCN(CC5CCNCC5)CC4)c3c2)C(=O)N1. The maximum atomic E-state index is 12.3. The summed E-state index contributed by atoms with van der Waals surface area (Å²) in [5, 5.41) is 8.26. The van der Waals surface area contributed by atoms with Crippen LogP contribution in [0.4, 0.5) is 5.69 Å². The second-order valence-corrected chi connectivity index (χ2v) is 8.93. The number of aromatic nitrogens is 1. The Morgan fingerprint density at radius 3 is 2.53 bits per heavy atom. The fraction of sp³-hybridized carbons (Fsp3) is 0.565. The summed E-state index contributed by atoms with van der Waals surface area (Å²) in [6.45, 7) is 7.84. The first-order valence-corrected chi connectivity index (χ1v) is 11.3. The highest BCUT2D eigenvalue weighted by atomic mass is 16.2. The minimum Gasteiger partial charge on any atom is -0.368 e. The summed E-state index contributed by atoms with van der Waals surface area (Å²) in [4.78, 5) is 28.9. The molecule has 1 atom stereocenters. The molecule has 0 bridgehead atoms. The fourth-order valence-electron chi connectivity index (χ4n) is 5.19. The van der Waals surface area contributed by atoms with E-state index in [9.17, 15) is 9.59 Å². The summed E-state index contributed by atoms with van der Waals surface area (Å²) in [6.07, 6.45) is 7.70. The third kappa shape index (κ3) is 3.96. The number of amides is 2. The lowest BCUT2D eigenvalue weighted by Gasteiger charge is -2.38. The largest absolute Gasteiger partial charge is 0.368 e. The van der Waals surface area contributed by atoms with Crippen molar-refractivity contribution in [3.63, 3.8) is 0 Å². The molecule has 0 aliphatic carbocycles. The van der Waals surface area contributed by atoms with Crippen molar-refractivity contribution in [2.24, 2.45) is 5.92 Å². The number of anilines is 1. The van der Waals surface area contributed by atoms with Gasteiger partial charge in [-0.1, -0.05) is 12.1 Å². The first-order chi connectivity index (χ1) is 14.7. The molecule has 0 saturated carbocycles. The Labute approximate surface area is 177 Å². The molecule has 1 unspecified atom stereocenters. The zero-order chi connectivity index (χ0) is 20.5. The Kier molecular flexibility index (Phi) is 5.48. The van der Waals surface area contributed by atoms with Gasteiger partial charge in [-0.15, -0.1) is 0 Å². The Morgan fingerprint density at radius 2 is 1.77 bits per heavy atom. The molecular formula is C23H31N5O2. The Bertz CT molecular complexity index is 925. The molecule has 3 aliphatic heterocycles. The third-order valence-corrected chi connectivity index (χ3v) is 6.94. The van der Waals surface area contributed by atoms with Gasteiger partial charge in [-0.2, -0.15) is 0 Å². The molecule has 7 heteroatoms. The minimum absolute atomic E-state index is 0.170. The molecule has 0 radical (unpaired) electrons. The van der Waals surface area contributed by atoms with E-state index in [1.807, 2.05) is 10.8 Å². The maximum absolute atomic E-state index is 12.3. The maximum Gasteiger partial charge on any atom is 0.249 e. The monoisotopic (exact) mass is 409 g/mol. The van der Waals surface area contributed by atoms with E-state index in [4.69, 9.17) is 0 Å². The van der Waals surface area contributed by atoms with Crippen LogP contribution in [-0.4, -0.2) is 67.1 Å². The minimum atomic E-state index is -0.301. The molecule has 5 rings (SSSR count). The molecule has 0 spiro atoms. The van der Waals surface area contributed by atoms with Crippen molar-refractivity contribution >= 4 is 28.3 Å². The van der Waals surface area contributed by atoms with Gasteiger partial charge in [0.05, 0.1) is 0 Å². The van der Waals surface area contributed by atoms with Crippen LogP contribution in [0.5, 0.6) is 0 Å². The number of benzene rings is 1. The third-order valence-electron chi connectivity index (χ3n) is 6.94. The van der Waals surface area contributed by atoms with Crippen LogP contribution in [0.3, 0.4) is 0 Å². The van der Waals surface area contributed by atoms with E-state index in [1.165, 1.54) is 30.5 Å². The van der Waals surface area contributed by atoms with E-state index in [0.717, 1.165) is 50.6 Å². The second-order valence-electron chi connectivity index (χ2n) is 8.93. The Morgan fingerprint density at radius 1 is 0.967 bits per heavy atom. The van der Waals surface area contributed by atoms with Gasteiger partial charge in [-0.25, -0.2) is 0 Å². The number of rotatable bonds is 4. The topological polar surface area (TPSA) is 69.6 Å². The molecule has 30 heavy (non-hydrogen) atoms. The number of nitrogens with zero attached hydrogens (tertiary/aromatic N) is 3. The zero-order valence-electron chi connectivity index (χ0n) is 17.5. The molecule has 2 aromatic rings. The van der Waals surface area contributed by atoms with Crippen LogP contribution in [0, 0.1) is 5.92 Å². The van der Waals surface area contributed by atoms with Gasteiger partial charge < -0.3 is 14.8 Å². The fourth-order valence-corrected chi connectivity index (χ4v) is 5.19. The van der Waals surface area contributed by atoms with Crippen LogP contribution in [0.2, 0.25) is 0 Å². The first kappa shape index (κ1) is 19.6. The zero-order valence-corrected chi connectivity index (χ0v) is 17.5. The molecule has 3 saturated heterocycles. The van der Waals surface area contributed by atoms with Crippen molar-refractivity contribution in [2.75, 3.05) is 50.7 Å². The van der Waals surface area contributed by atoms with Crippen molar-refractivity contribution < 1.29 is 9.59 Å². The van der Waals surface area contributed by atoms with Crippen molar-refractivity contribution in [1.82, 2.24) is 20.1 Å². The highest BCUT2D eigenvalue weighted by molar-refractivity contribution is 6.00. The van der Waals surface area contributed by atoms with Crippen LogP contribution in [0.1, 0.15) is 31.7 Å². The van der Waals surface area contributed by atoms with Gasteiger partial charge >= 0.3 is 0 Å². The number of imide groups is 1. The summed E-state index contributed by atoms with van der Waals surface area (Å²) in [5.74, 6) is 0.472. The first-order valence-electron chi connectivity index (χ1n) is 11.3. The number of piperazine rings is 1. The lowest BCUT2D eigenvalue weighted by Crippen LogP contribution is -2.48. The average molecular weight is 410 g/mol. The number of piperidine rings is 2. The van der Waals surface area contributed by atoms with Gasteiger partial charge in [0.2, 0.25) is 11.8 Å². The Balaban J connectivity index is 1.28. The van der Waals surface area contributed by atoms with Crippen LogP contribution in [0.25, 0.3) is 10.8 Å². The van der Waals surface area contributed by atoms with Gasteiger partial charge in [0.1, 0.15) is 6.04 Å². The number of fused-ring (bicyclic) bond motifs is 1. The Hall–Kier alpha value is -2.38. The van der Waals surface area contributed by atoms with Gasteiger partial charge in [0.15, 0.2) is 0 Å². The van der Waals surface area contributed by atoms with Gasteiger partial charge in [0, 0.05) is 68.0 Å². The smallest absolute Gasteiger partial charge is 0.249 e. The summed E-state index contributed by atoms with van der Waals surface area (Å²) in [5.41, 5.74) is 1.25. The number of carbonyl (C=O) groups is 2. The lowest BCUT2D eigenvalue weighted by atomic mass is 9.97. The van der Waals surface area contributed by atoms with E-state index >= 15 is 0 Å². The van der Waals surface area contributed by atoms with Crippen LogP contribution in [0.15, 0.2) is 30.6 Å². The summed E-state index contributed by atoms with van der Waals surface area (Å²) >= 11 is 0. The van der Waals surface area contributed by atoms with Crippen LogP contribution in [-0.2, 0) is 9.59 Å². The van der Waals surface area contributed by atoms with Crippen LogP contribution < -0.4 is 15.5 Å². The lowest BCUT2D eigenvalue weighted by molar-refractivity contribution is -0.135. The van der Waals surface area contributed by atoms with Crippen molar-refractivity contribution in [3.05, 3.63) is 30.6 Å². The van der Waals surface area contributed by atoms with E-state index in [-0.39, 0.29) is 17.9 Å². The molecule has 3 aliphatic rings. The molecule has 2 amide bonds. The quantitative estimate of drug-likeness (QED) is 0.753. The molecule has 4 heterocycles. The standard InChI is InChI=1S/C23H31N5O2/c29-22-5-4-21(23(30)25-22)28-15-18-2-1-3-20(19(18)16-28)27-12-10-26(11-13-27)14-17-6-8-24-9-7-17/h1-3,15-17,21,24H,4-14H2,(H,25,29,30). The van der Waals surface area contributed by atoms with Gasteiger partial charge in [0.25, 0.3) is 0 Å². The van der Waals surface area contributed by atoms with Gasteiger partial charge in [-0.3, -0.25) is 19.8 Å². The molecule has 7 nitrogen and oxygen atoms in total. The van der Waals surface area contributed by atoms with E-state index in [2.05, 4.69) is 44.8 Å². The van der Waals surface area contributed by atoms with E-state index < -0.39 is 0 Å². The van der Waals surface area contributed by atoms with Gasteiger partial charge in [-0.05, 0) is 44.3 Å². The highest BCUT2D eigenvalue weighted by Crippen LogP contribution is 2.31. The van der Waals surface area contributed by atoms with Crippen molar-refractivity contribution in [2.45, 2.75) is 31.7 Å². The van der Waals surface area contributed by atoms with E-state index in [1.54, 1.807) is 0 Å². The molecule has 160 valence electrons. The number of nitrogens with one attached hydrogen (secondary N) is 2. The summed E-state index contributed by atoms with van der Waals surface area (Å²) in [7, 11) is 0. The number of carbonyl (C=O) groups excluding carboxylic acids is 2. The van der Waals surface area contributed by atoms with Crippen molar-refractivity contribution in [3.8, 4) is 0 Å². The molecular weight excluding hydrogens is 378 g/mol. The predicted molar refractivity (Wildman–Crippen MR) is 118 cm³/mol. The second kappa shape index (κ2) is 8.40. The molecule has 1 aromatic heterocycles. The highest BCUT2D eigenvalue weighted by Gasteiger charge is 2.28. The summed E-state index contributed by atoms with van der Waals surface area (Å²) in [6, 6.07) is 6.10. The molecule has 2 N–H and O–H groups in total. The van der Waals surface area contributed by atoms with Crippen molar-refractivity contribution in [1.29, 1.82) is 0 Å². The predicted octanol–water partition coefficient (Wildman–Crippen LogP) is 1.74. The van der Waals surface area contributed by atoms with E-state index in [0.29, 0.717) is 12.8 Å².